The zero-order valence-electron chi connectivity index (χ0n) is 13.0. The third-order valence-electron chi connectivity index (χ3n) is 5.39. The van der Waals surface area contributed by atoms with Gasteiger partial charge in [-0.1, -0.05) is 27.7 Å². The molecule has 19 heavy (non-hydrogen) atoms. The smallest absolute Gasteiger partial charge is 0.311 e. The molecule has 0 aromatic rings. The van der Waals surface area contributed by atoms with E-state index in [4.69, 9.17) is 4.74 Å². The van der Waals surface area contributed by atoms with Crippen molar-refractivity contribution in [2.45, 2.75) is 48.0 Å². The number of hydrogen-bond acceptors (Lipinski definition) is 3. The highest BCUT2D eigenvalue weighted by Crippen LogP contribution is 2.79. The second-order valence-corrected chi connectivity index (χ2v) is 6.75. The van der Waals surface area contributed by atoms with Crippen molar-refractivity contribution in [1.29, 1.82) is 0 Å². The van der Waals surface area contributed by atoms with Gasteiger partial charge in [-0.3, -0.25) is 9.59 Å². The third kappa shape index (κ3) is 1.72. The van der Waals surface area contributed by atoms with Crippen LogP contribution in [0.3, 0.4) is 0 Å². The summed E-state index contributed by atoms with van der Waals surface area (Å²) in [5, 5.41) is 9.78. The maximum atomic E-state index is 12.0. The predicted molar refractivity (Wildman–Crippen MR) is 72.6 cm³/mol. The second kappa shape index (κ2) is 4.50. The first-order valence-electron chi connectivity index (χ1n) is 6.86. The molecule has 0 radical (unpaired) electrons. The van der Waals surface area contributed by atoms with Crippen LogP contribution < -0.4 is 0 Å². The van der Waals surface area contributed by atoms with E-state index in [9.17, 15) is 14.7 Å². The molecular formula is C15H26O4. The highest BCUT2D eigenvalue weighted by Gasteiger charge is 2.82. The Kier molecular flexibility index (Phi) is 3.79. The molecule has 4 nitrogen and oxygen atoms in total. The van der Waals surface area contributed by atoms with Crippen molar-refractivity contribution in [1.82, 2.24) is 0 Å². The molecule has 1 aliphatic rings. The number of carboxylic acid groups (broad SMARTS) is 1. The van der Waals surface area contributed by atoms with Gasteiger partial charge in [0.1, 0.15) is 0 Å². The number of carbonyl (C=O) groups is 2. The maximum Gasteiger partial charge on any atom is 0.311 e. The summed E-state index contributed by atoms with van der Waals surface area (Å²) in [6.07, 6.45) is 0.739. The summed E-state index contributed by atoms with van der Waals surface area (Å²) in [5.41, 5.74) is -2.01. The van der Waals surface area contributed by atoms with E-state index >= 15 is 0 Å². The van der Waals surface area contributed by atoms with Gasteiger partial charge < -0.3 is 9.84 Å². The van der Waals surface area contributed by atoms with Crippen molar-refractivity contribution in [3.8, 4) is 0 Å². The Balaban J connectivity index is 3.36. The number of hydrogen-bond donors (Lipinski definition) is 1. The molecule has 110 valence electrons. The number of ether oxygens (including phenoxy) is 1. The van der Waals surface area contributed by atoms with Crippen LogP contribution in [0.1, 0.15) is 48.0 Å². The Hall–Kier alpha value is -1.06. The summed E-state index contributed by atoms with van der Waals surface area (Å²) in [7, 11) is 1.35. The van der Waals surface area contributed by atoms with E-state index in [1.54, 1.807) is 13.8 Å². The molecule has 0 spiro atoms. The molecule has 1 N–H and O–H groups in total. The topological polar surface area (TPSA) is 63.6 Å². The Morgan fingerprint density at radius 3 is 2.05 bits per heavy atom. The molecule has 4 heteroatoms. The molecule has 1 aliphatic carbocycles. The van der Waals surface area contributed by atoms with Crippen LogP contribution in [-0.2, 0) is 14.3 Å². The van der Waals surface area contributed by atoms with Gasteiger partial charge in [-0.15, -0.1) is 0 Å². The van der Waals surface area contributed by atoms with Crippen molar-refractivity contribution in [2.24, 2.45) is 28.1 Å². The van der Waals surface area contributed by atoms with Crippen LogP contribution in [0.15, 0.2) is 0 Å². The summed E-state index contributed by atoms with van der Waals surface area (Å²) in [6, 6.07) is 0. The van der Waals surface area contributed by atoms with E-state index < -0.39 is 16.8 Å². The van der Waals surface area contributed by atoms with Crippen LogP contribution in [0.4, 0.5) is 0 Å². The summed E-state index contributed by atoms with van der Waals surface area (Å²) >= 11 is 0. The summed E-state index contributed by atoms with van der Waals surface area (Å²) in [4.78, 5) is 24.0. The van der Waals surface area contributed by atoms with Crippen LogP contribution in [0.5, 0.6) is 0 Å². The number of carbonyl (C=O) groups excluding carboxylic acids is 1. The van der Waals surface area contributed by atoms with E-state index in [0.29, 0.717) is 0 Å². The Morgan fingerprint density at radius 1 is 1.37 bits per heavy atom. The van der Waals surface area contributed by atoms with E-state index in [0.717, 1.165) is 6.42 Å². The SMILES string of the molecule is CCC1(C)C(C(C)(C)C(=O)OC)C1(C(=O)O)C(C)C. The first-order chi connectivity index (χ1) is 8.54. The summed E-state index contributed by atoms with van der Waals surface area (Å²) in [5.74, 6) is -1.36. The molecule has 0 aromatic carbocycles. The van der Waals surface area contributed by atoms with E-state index in [1.165, 1.54) is 7.11 Å². The Morgan fingerprint density at radius 2 is 1.84 bits per heavy atom. The summed E-state index contributed by atoms with van der Waals surface area (Å²) in [6.45, 7) is 11.4. The number of rotatable bonds is 5. The van der Waals surface area contributed by atoms with Gasteiger partial charge in [-0.2, -0.15) is 0 Å². The minimum absolute atomic E-state index is 0.0242. The lowest BCUT2D eigenvalue weighted by atomic mass is 9.78. The molecule has 1 saturated carbocycles. The van der Waals surface area contributed by atoms with Gasteiger partial charge >= 0.3 is 11.9 Å². The second-order valence-electron chi connectivity index (χ2n) is 6.75. The normalized spacial score (nSPS) is 34.2. The molecule has 1 fully saturated rings. The van der Waals surface area contributed by atoms with Crippen molar-refractivity contribution in [3.05, 3.63) is 0 Å². The van der Waals surface area contributed by atoms with Gasteiger partial charge in [-0.25, -0.2) is 0 Å². The van der Waals surface area contributed by atoms with Crippen LogP contribution in [0, 0.1) is 28.1 Å². The van der Waals surface area contributed by atoms with Crippen LogP contribution in [-0.4, -0.2) is 24.2 Å². The van der Waals surface area contributed by atoms with Gasteiger partial charge in [0.25, 0.3) is 0 Å². The van der Waals surface area contributed by atoms with Crippen molar-refractivity contribution < 1.29 is 19.4 Å². The fourth-order valence-corrected chi connectivity index (χ4v) is 4.56. The molecule has 3 unspecified atom stereocenters. The molecule has 3 atom stereocenters. The molecule has 0 heterocycles. The van der Waals surface area contributed by atoms with E-state index in [1.807, 2.05) is 27.7 Å². The average Bonchev–Trinajstić information content (AvgIpc) is 2.91. The number of esters is 1. The van der Waals surface area contributed by atoms with Gasteiger partial charge in [0.15, 0.2) is 0 Å². The van der Waals surface area contributed by atoms with Crippen LogP contribution in [0.25, 0.3) is 0 Å². The van der Waals surface area contributed by atoms with Crippen molar-refractivity contribution in [2.75, 3.05) is 7.11 Å². The quantitative estimate of drug-likeness (QED) is 0.780. The highest BCUT2D eigenvalue weighted by atomic mass is 16.5. The first-order valence-corrected chi connectivity index (χ1v) is 6.86. The zero-order valence-corrected chi connectivity index (χ0v) is 13.0. The van der Waals surface area contributed by atoms with Gasteiger partial charge in [0.2, 0.25) is 0 Å². The predicted octanol–water partition coefficient (Wildman–Crippen LogP) is 2.96. The lowest BCUT2D eigenvalue weighted by molar-refractivity contribution is -0.155. The van der Waals surface area contributed by atoms with Crippen LogP contribution >= 0.6 is 0 Å². The van der Waals surface area contributed by atoms with E-state index in [-0.39, 0.29) is 23.2 Å². The number of methoxy groups -OCH3 is 1. The van der Waals surface area contributed by atoms with E-state index in [2.05, 4.69) is 0 Å². The zero-order chi connectivity index (χ0) is 15.2. The van der Waals surface area contributed by atoms with Gasteiger partial charge in [-0.05, 0) is 37.5 Å². The Bertz CT molecular complexity index is 399. The van der Waals surface area contributed by atoms with Crippen LogP contribution in [0.2, 0.25) is 0 Å². The Labute approximate surface area is 115 Å². The summed E-state index contributed by atoms with van der Waals surface area (Å²) < 4.78 is 4.88. The highest BCUT2D eigenvalue weighted by molar-refractivity contribution is 5.86. The lowest BCUT2D eigenvalue weighted by Crippen LogP contribution is -2.35. The molecule has 0 aromatic heterocycles. The third-order valence-corrected chi connectivity index (χ3v) is 5.39. The maximum absolute atomic E-state index is 12.0. The largest absolute Gasteiger partial charge is 0.481 e. The molecule has 0 saturated heterocycles. The van der Waals surface area contributed by atoms with Gasteiger partial charge in [0.05, 0.1) is 17.9 Å². The minimum atomic E-state index is -0.848. The monoisotopic (exact) mass is 270 g/mol. The van der Waals surface area contributed by atoms with Gasteiger partial charge in [0, 0.05) is 0 Å². The number of aliphatic carboxylic acids is 1. The lowest BCUT2D eigenvalue weighted by Gasteiger charge is -2.26. The number of carboxylic acids is 1. The first kappa shape index (κ1) is 16.0. The molecule has 1 rings (SSSR count). The average molecular weight is 270 g/mol. The molecule has 0 bridgehead atoms. The minimum Gasteiger partial charge on any atom is -0.481 e. The molecule has 0 aliphatic heterocycles. The molecular weight excluding hydrogens is 244 g/mol. The fourth-order valence-electron chi connectivity index (χ4n) is 4.56. The molecule has 0 amide bonds. The standard InChI is InChI=1S/C15H26O4/c1-8-14(6)10(13(4,5)12(18)19-7)15(14,9(2)3)11(16)17/h9-10H,8H2,1-7H3,(H,16,17). The fraction of sp³-hybridized carbons (Fsp3) is 0.867. The van der Waals surface area contributed by atoms with Crippen molar-refractivity contribution in [3.63, 3.8) is 0 Å². The van der Waals surface area contributed by atoms with Crippen molar-refractivity contribution >= 4 is 11.9 Å².